The molecule has 22 heavy (non-hydrogen) atoms. The van der Waals surface area contributed by atoms with Crippen molar-refractivity contribution in [3.05, 3.63) is 47.3 Å². The molecule has 0 fully saturated rings. The number of carbonyl (C=O) groups is 1. The van der Waals surface area contributed by atoms with E-state index in [0.29, 0.717) is 0 Å². The molecule has 0 aliphatic heterocycles. The first-order valence-corrected chi connectivity index (χ1v) is 8.08. The Kier molecular flexibility index (Phi) is 4.62. The normalized spacial score (nSPS) is 13.0. The summed E-state index contributed by atoms with van der Waals surface area (Å²) in [4.78, 5) is 11.5. The van der Waals surface area contributed by atoms with Crippen LogP contribution in [0.1, 0.15) is 17.0 Å². The number of hydrogen-bond donors (Lipinski definition) is 2. The SMILES string of the molecule is Cc1noc(C)c1S(=O)(=O)N[C@H](Cc1ccccc1)C(N)=O. The van der Waals surface area contributed by atoms with E-state index in [-0.39, 0.29) is 22.8 Å². The van der Waals surface area contributed by atoms with Crippen molar-refractivity contribution in [3.63, 3.8) is 0 Å². The lowest BCUT2D eigenvalue weighted by molar-refractivity contribution is -0.119. The molecule has 0 saturated carbocycles. The predicted octanol–water partition coefficient (Wildman–Crippen LogP) is 0.666. The highest BCUT2D eigenvalue weighted by Crippen LogP contribution is 2.19. The number of aryl methyl sites for hydroxylation is 2. The first-order valence-electron chi connectivity index (χ1n) is 6.59. The summed E-state index contributed by atoms with van der Waals surface area (Å²) in [5.74, 6) is -0.591. The number of aromatic nitrogens is 1. The van der Waals surface area contributed by atoms with Crippen molar-refractivity contribution < 1.29 is 17.7 Å². The van der Waals surface area contributed by atoms with Gasteiger partial charge in [0.25, 0.3) is 0 Å². The zero-order valence-electron chi connectivity index (χ0n) is 12.2. The van der Waals surface area contributed by atoms with E-state index >= 15 is 0 Å². The predicted molar refractivity (Wildman–Crippen MR) is 79.4 cm³/mol. The van der Waals surface area contributed by atoms with Crippen LogP contribution in [0.3, 0.4) is 0 Å². The van der Waals surface area contributed by atoms with Gasteiger partial charge in [0.2, 0.25) is 15.9 Å². The van der Waals surface area contributed by atoms with Gasteiger partial charge in [-0.15, -0.1) is 0 Å². The zero-order chi connectivity index (χ0) is 16.3. The molecule has 7 nitrogen and oxygen atoms in total. The Bertz CT molecular complexity index is 749. The van der Waals surface area contributed by atoms with Gasteiger partial charge in [-0.25, -0.2) is 8.42 Å². The average Bonchev–Trinajstić information content (AvgIpc) is 2.79. The molecule has 0 spiro atoms. The number of nitrogens with two attached hydrogens (primary N) is 1. The lowest BCUT2D eigenvalue weighted by Gasteiger charge is -2.15. The molecular formula is C14H17N3O4S. The number of benzene rings is 1. The monoisotopic (exact) mass is 323 g/mol. The third-order valence-electron chi connectivity index (χ3n) is 3.16. The minimum atomic E-state index is -3.95. The average molecular weight is 323 g/mol. The molecule has 0 unspecified atom stereocenters. The molecule has 2 aromatic rings. The highest BCUT2D eigenvalue weighted by atomic mass is 32.2. The van der Waals surface area contributed by atoms with E-state index in [0.717, 1.165) is 5.56 Å². The van der Waals surface area contributed by atoms with Gasteiger partial charge in [0.15, 0.2) is 5.76 Å². The van der Waals surface area contributed by atoms with Crippen LogP contribution in [0.5, 0.6) is 0 Å². The van der Waals surface area contributed by atoms with Crippen molar-refractivity contribution in [1.82, 2.24) is 9.88 Å². The Morgan fingerprint density at radius 2 is 1.95 bits per heavy atom. The number of carbonyl (C=O) groups excluding carboxylic acids is 1. The number of hydrogen-bond acceptors (Lipinski definition) is 5. The van der Waals surface area contributed by atoms with Gasteiger partial charge in [0.05, 0.1) is 0 Å². The topological polar surface area (TPSA) is 115 Å². The van der Waals surface area contributed by atoms with Crippen LogP contribution >= 0.6 is 0 Å². The molecule has 1 aromatic carbocycles. The van der Waals surface area contributed by atoms with E-state index in [1.807, 2.05) is 6.07 Å². The van der Waals surface area contributed by atoms with Crippen LogP contribution in [0, 0.1) is 13.8 Å². The highest BCUT2D eigenvalue weighted by Gasteiger charge is 2.29. The van der Waals surface area contributed by atoms with Gasteiger partial charge in [-0.3, -0.25) is 4.79 Å². The first-order chi connectivity index (χ1) is 10.3. The Labute approximate surface area is 128 Å². The van der Waals surface area contributed by atoms with Crippen LogP contribution in [0.15, 0.2) is 39.8 Å². The fourth-order valence-corrected chi connectivity index (χ4v) is 3.69. The zero-order valence-corrected chi connectivity index (χ0v) is 13.1. The summed E-state index contributed by atoms with van der Waals surface area (Å²) >= 11 is 0. The second-order valence-corrected chi connectivity index (χ2v) is 6.57. The van der Waals surface area contributed by atoms with Crippen LogP contribution in [0.4, 0.5) is 0 Å². The molecule has 1 atom stereocenters. The van der Waals surface area contributed by atoms with Gasteiger partial charge >= 0.3 is 0 Å². The van der Waals surface area contributed by atoms with E-state index in [2.05, 4.69) is 9.88 Å². The maximum Gasteiger partial charge on any atom is 0.246 e. The van der Waals surface area contributed by atoms with E-state index in [1.165, 1.54) is 13.8 Å². The minimum absolute atomic E-state index is 0.0631. The maximum absolute atomic E-state index is 12.4. The van der Waals surface area contributed by atoms with Crippen LogP contribution in [-0.4, -0.2) is 25.5 Å². The smallest absolute Gasteiger partial charge is 0.246 e. The molecule has 3 N–H and O–H groups in total. The van der Waals surface area contributed by atoms with Crippen molar-refractivity contribution in [3.8, 4) is 0 Å². The van der Waals surface area contributed by atoms with Crippen molar-refractivity contribution in [1.29, 1.82) is 0 Å². The highest BCUT2D eigenvalue weighted by molar-refractivity contribution is 7.89. The lowest BCUT2D eigenvalue weighted by Crippen LogP contribution is -2.45. The quantitative estimate of drug-likeness (QED) is 0.810. The third kappa shape index (κ3) is 3.52. The van der Waals surface area contributed by atoms with E-state index in [1.54, 1.807) is 24.3 Å². The summed E-state index contributed by atoms with van der Waals surface area (Å²) in [7, 11) is -3.95. The van der Waals surface area contributed by atoms with Gasteiger partial charge in [-0.1, -0.05) is 35.5 Å². The van der Waals surface area contributed by atoms with Gasteiger partial charge in [-0.05, 0) is 25.8 Å². The Balaban J connectivity index is 2.26. The van der Waals surface area contributed by atoms with Crippen molar-refractivity contribution in [2.45, 2.75) is 31.2 Å². The molecule has 0 radical (unpaired) electrons. The molecular weight excluding hydrogens is 306 g/mol. The van der Waals surface area contributed by atoms with Crippen LogP contribution in [0.2, 0.25) is 0 Å². The van der Waals surface area contributed by atoms with Gasteiger partial charge in [0, 0.05) is 0 Å². The van der Waals surface area contributed by atoms with E-state index in [4.69, 9.17) is 10.3 Å². The molecule has 0 saturated heterocycles. The fourth-order valence-electron chi connectivity index (χ4n) is 2.15. The lowest BCUT2D eigenvalue weighted by atomic mass is 10.1. The second kappa shape index (κ2) is 6.29. The summed E-state index contributed by atoms with van der Waals surface area (Å²) in [6, 6.07) is 7.96. The molecule has 1 heterocycles. The summed E-state index contributed by atoms with van der Waals surface area (Å²) in [6.07, 6.45) is 0.165. The van der Waals surface area contributed by atoms with Gasteiger partial charge < -0.3 is 10.3 Å². The third-order valence-corrected chi connectivity index (χ3v) is 4.88. The molecule has 1 amide bonds. The van der Waals surface area contributed by atoms with Gasteiger partial charge in [-0.2, -0.15) is 4.72 Å². The number of nitrogens with zero attached hydrogens (tertiary/aromatic N) is 1. The molecule has 8 heteroatoms. The van der Waals surface area contributed by atoms with E-state index in [9.17, 15) is 13.2 Å². The molecule has 2 rings (SSSR count). The van der Waals surface area contributed by atoms with Crippen LogP contribution < -0.4 is 10.5 Å². The van der Waals surface area contributed by atoms with Crippen molar-refractivity contribution in [2.75, 3.05) is 0 Å². The Hall–Kier alpha value is -2.19. The van der Waals surface area contributed by atoms with Crippen LogP contribution in [0.25, 0.3) is 0 Å². The van der Waals surface area contributed by atoms with E-state index < -0.39 is 22.0 Å². The Morgan fingerprint density at radius 1 is 1.32 bits per heavy atom. The van der Waals surface area contributed by atoms with Crippen molar-refractivity contribution in [2.24, 2.45) is 5.73 Å². The van der Waals surface area contributed by atoms with Crippen molar-refractivity contribution >= 4 is 15.9 Å². The molecule has 0 bridgehead atoms. The first kappa shape index (κ1) is 16.2. The second-order valence-electron chi connectivity index (χ2n) is 4.92. The number of primary amides is 1. The Morgan fingerprint density at radius 3 is 2.45 bits per heavy atom. The molecule has 1 aromatic heterocycles. The maximum atomic E-state index is 12.4. The summed E-state index contributed by atoms with van der Waals surface area (Å²) in [6.45, 7) is 3.01. The number of nitrogens with one attached hydrogen (secondary N) is 1. The number of rotatable bonds is 6. The fraction of sp³-hybridized carbons (Fsp3) is 0.286. The molecule has 118 valence electrons. The number of sulfonamides is 1. The summed E-state index contributed by atoms with van der Waals surface area (Å²) in [5.41, 5.74) is 6.34. The summed E-state index contributed by atoms with van der Waals surface area (Å²) < 4.78 is 32.0. The number of amides is 1. The molecule has 0 aliphatic carbocycles. The molecule has 0 aliphatic rings. The van der Waals surface area contributed by atoms with Crippen LogP contribution in [-0.2, 0) is 21.2 Å². The standard InChI is InChI=1S/C14H17N3O4S/c1-9-13(10(2)21-16-9)22(19,20)17-12(14(15)18)8-11-6-4-3-5-7-11/h3-7,12,17H,8H2,1-2H3,(H2,15,18)/t12-/m1/s1. The minimum Gasteiger partial charge on any atom is -0.368 e. The largest absolute Gasteiger partial charge is 0.368 e. The van der Waals surface area contributed by atoms with Gasteiger partial charge in [0.1, 0.15) is 16.6 Å². The summed E-state index contributed by atoms with van der Waals surface area (Å²) in [5, 5.41) is 3.61.